The van der Waals surface area contributed by atoms with Gasteiger partial charge in [-0.2, -0.15) is 0 Å². The van der Waals surface area contributed by atoms with Gasteiger partial charge in [-0.25, -0.2) is 4.39 Å². The molecule has 0 fully saturated rings. The van der Waals surface area contributed by atoms with E-state index in [0.717, 1.165) is 34.5 Å². The van der Waals surface area contributed by atoms with Crippen LogP contribution in [0.3, 0.4) is 0 Å². The quantitative estimate of drug-likeness (QED) is 0.554. The lowest BCUT2D eigenvalue weighted by molar-refractivity contribution is 0.631. The number of rotatable bonds is 4. The normalized spacial score (nSPS) is 11.0. The molecule has 0 bridgehead atoms. The van der Waals surface area contributed by atoms with Crippen LogP contribution >= 0.6 is 0 Å². The molecule has 2 heteroatoms. The Labute approximate surface area is 143 Å². The summed E-state index contributed by atoms with van der Waals surface area (Å²) in [6, 6.07) is 19.1. The largest absolute Gasteiger partial charge is 0.252 e. The number of benzene rings is 2. The molecule has 3 aromatic rings. The van der Waals surface area contributed by atoms with Crippen molar-refractivity contribution in [1.82, 2.24) is 4.98 Å². The fourth-order valence-corrected chi connectivity index (χ4v) is 3.12. The van der Waals surface area contributed by atoms with E-state index >= 15 is 0 Å². The van der Waals surface area contributed by atoms with Gasteiger partial charge < -0.3 is 0 Å². The van der Waals surface area contributed by atoms with Crippen LogP contribution in [0.15, 0.2) is 60.7 Å². The molecule has 3 rings (SSSR count). The standard InChI is InChI=1S/C22H22FN/c1-4-17-19(18-12-8-9-13-20(18)23)14-21(24-22(17)15(2)3)16-10-6-5-7-11-16/h5-15H,4H2,1-3H3. The van der Waals surface area contributed by atoms with E-state index in [0.29, 0.717) is 5.56 Å². The van der Waals surface area contributed by atoms with E-state index in [1.54, 1.807) is 6.07 Å². The van der Waals surface area contributed by atoms with Crippen LogP contribution in [0.1, 0.15) is 37.9 Å². The lowest BCUT2D eigenvalue weighted by Gasteiger charge is -2.18. The van der Waals surface area contributed by atoms with E-state index < -0.39 is 0 Å². The molecule has 122 valence electrons. The number of hydrogen-bond donors (Lipinski definition) is 0. The molecule has 1 nitrogen and oxygen atoms in total. The molecule has 1 aromatic heterocycles. The molecule has 0 N–H and O–H groups in total. The molecule has 0 radical (unpaired) electrons. The summed E-state index contributed by atoms with van der Waals surface area (Å²) in [5.74, 6) is 0.0984. The number of aromatic nitrogens is 1. The van der Waals surface area contributed by atoms with Crippen LogP contribution < -0.4 is 0 Å². The topological polar surface area (TPSA) is 12.9 Å². The molecule has 0 unspecified atom stereocenters. The first-order chi connectivity index (χ1) is 11.6. The zero-order valence-corrected chi connectivity index (χ0v) is 14.4. The summed E-state index contributed by atoms with van der Waals surface area (Å²) in [7, 11) is 0. The Morgan fingerprint density at radius 2 is 1.58 bits per heavy atom. The van der Waals surface area contributed by atoms with Crippen LogP contribution in [-0.2, 0) is 6.42 Å². The Kier molecular flexibility index (Phi) is 4.75. The van der Waals surface area contributed by atoms with Crippen LogP contribution in [0.25, 0.3) is 22.4 Å². The molecule has 1 heterocycles. The maximum absolute atomic E-state index is 14.4. The van der Waals surface area contributed by atoms with Gasteiger partial charge >= 0.3 is 0 Å². The minimum Gasteiger partial charge on any atom is -0.252 e. The van der Waals surface area contributed by atoms with Crippen LogP contribution in [0.5, 0.6) is 0 Å². The Morgan fingerprint density at radius 1 is 0.917 bits per heavy atom. The van der Waals surface area contributed by atoms with Crippen LogP contribution in [0.4, 0.5) is 4.39 Å². The lowest BCUT2D eigenvalue weighted by atomic mass is 9.91. The summed E-state index contributed by atoms with van der Waals surface area (Å²) >= 11 is 0. The Hall–Kier alpha value is -2.48. The van der Waals surface area contributed by atoms with Crippen molar-refractivity contribution < 1.29 is 4.39 Å². The predicted octanol–water partition coefficient (Wildman–Crippen LogP) is 6.24. The highest BCUT2D eigenvalue weighted by molar-refractivity contribution is 5.74. The Bertz CT molecular complexity index is 838. The molecule has 0 atom stereocenters. The first kappa shape index (κ1) is 16.4. The third-order valence-corrected chi connectivity index (χ3v) is 4.29. The molecule has 0 aliphatic rings. The molecule has 2 aromatic carbocycles. The third-order valence-electron chi connectivity index (χ3n) is 4.29. The van der Waals surface area contributed by atoms with Crippen molar-refractivity contribution >= 4 is 0 Å². The minimum atomic E-state index is -0.188. The average molecular weight is 319 g/mol. The SMILES string of the molecule is CCc1c(-c2ccccc2F)cc(-c2ccccc2)nc1C(C)C. The molecule has 0 saturated carbocycles. The maximum Gasteiger partial charge on any atom is 0.131 e. The summed E-state index contributed by atoms with van der Waals surface area (Å²) < 4.78 is 14.4. The fourth-order valence-electron chi connectivity index (χ4n) is 3.12. The van der Waals surface area contributed by atoms with E-state index in [-0.39, 0.29) is 11.7 Å². The van der Waals surface area contributed by atoms with Crippen molar-refractivity contribution in [3.8, 4) is 22.4 Å². The van der Waals surface area contributed by atoms with E-state index in [4.69, 9.17) is 4.98 Å². The van der Waals surface area contributed by atoms with Crippen molar-refractivity contribution in [3.05, 3.63) is 77.7 Å². The molecular weight excluding hydrogens is 297 g/mol. The number of hydrogen-bond acceptors (Lipinski definition) is 1. The molecule has 0 aliphatic heterocycles. The first-order valence-corrected chi connectivity index (χ1v) is 8.46. The Balaban J connectivity index is 2.30. The van der Waals surface area contributed by atoms with Gasteiger partial charge in [-0.15, -0.1) is 0 Å². The zero-order valence-electron chi connectivity index (χ0n) is 14.4. The van der Waals surface area contributed by atoms with Crippen molar-refractivity contribution in [1.29, 1.82) is 0 Å². The van der Waals surface area contributed by atoms with Gasteiger partial charge in [0.15, 0.2) is 0 Å². The smallest absolute Gasteiger partial charge is 0.131 e. The van der Waals surface area contributed by atoms with Crippen LogP contribution in [0, 0.1) is 5.82 Å². The second kappa shape index (κ2) is 6.96. The second-order valence-corrected chi connectivity index (χ2v) is 6.27. The predicted molar refractivity (Wildman–Crippen MR) is 98.5 cm³/mol. The molecular formula is C22H22FN. The van der Waals surface area contributed by atoms with Gasteiger partial charge in [0.05, 0.1) is 5.69 Å². The summed E-state index contributed by atoms with van der Waals surface area (Å²) in [6.07, 6.45) is 0.833. The van der Waals surface area contributed by atoms with Crippen LogP contribution in [0.2, 0.25) is 0 Å². The van der Waals surface area contributed by atoms with Crippen LogP contribution in [-0.4, -0.2) is 4.98 Å². The number of pyridine rings is 1. The van der Waals surface area contributed by atoms with E-state index in [9.17, 15) is 4.39 Å². The summed E-state index contributed by atoms with van der Waals surface area (Å²) in [5.41, 5.74) is 5.74. The maximum atomic E-state index is 14.4. The number of nitrogens with zero attached hydrogens (tertiary/aromatic N) is 1. The molecule has 0 aliphatic carbocycles. The zero-order chi connectivity index (χ0) is 17.1. The monoisotopic (exact) mass is 319 g/mol. The van der Waals surface area contributed by atoms with Crippen molar-refractivity contribution in [2.24, 2.45) is 0 Å². The molecule has 0 spiro atoms. The average Bonchev–Trinajstić information content (AvgIpc) is 2.61. The molecule has 24 heavy (non-hydrogen) atoms. The van der Waals surface area contributed by atoms with Gasteiger partial charge in [0, 0.05) is 16.8 Å². The van der Waals surface area contributed by atoms with Gasteiger partial charge in [-0.1, -0.05) is 69.3 Å². The van der Waals surface area contributed by atoms with Crippen molar-refractivity contribution in [2.45, 2.75) is 33.1 Å². The van der Waals surface area contributed by atoms with E-state index in [2.05, 4.69) is 20.8 Å². The number of halogens is 1. The van der Waals surface area contributed by atoms with E-state index in [1.807, 2.05) is 48.5 Å². The molecule has 0 amide bonds. The summed E-state index contributed by atoms with van der Waals surface area (Å²) in [4.78, 5) is 4.91. The van der Waals surface area contributed by atoms with Gasteiger partial charge in [0.2, 0.25) is 0 Å². The Morgan fingerprint density at radius 3 is 2.21 bits per heavy atom. The lowest BCUT2D eigenvalue weighted by Crippen LogP contribution is -2.04. The van der Waals surface area contributed by atoms with E-state index in [1.165, 1.54) is 6.07 Å². The first-order valence-electron chi connectivity index (χ1n) is 8.46. The highest BCUT2D eigenvalue weighted by Crippen LogP contribution is 2.34. The van der Waals surface area contributed by atoms with Gasteiger partial charge in [0.25, 0.3) is 0 Å². The fraction of sp³-hybridized carbons (Fsp3) is 0.227. The van der Waals surface area contributed by atoms with Gasteiger partial charge in [-0.3, -0.25) is 4.98 Å². The van der Waals surface area contributed by atoms with Crippen molar-refractivity contribution in [3.63, 3.8) is 0 Å². The third kappa shape index (κ3) is 3.09. The van der Waals surface area contributed by atoms with Gasteiger partial charge in [-0.05, 0) is 35.6 Å². The second-order valence-electron chi connectivity index (χ2n) is 6.27. The summed E-state index contributed by atoms with van der Waals surface area (Å²) in [6.45, 7) is 6.39. The minimum absolute atomic E-state index is 0.188. The van der Waals surface area contributed by atoms with Gasteiger partial charge in [0.1, 0.15) is 5.82 Å². The summed E-state index contributed by atoms with van der Waals surface area (Å²) in [5, 5.41) is 0. The van der Waals surface area contributed by atoms with Crippen molar-refractivity contribution in [2.75, 3.05) is 0 Å². The highest BCUT2D eigenvalue weighted by atomic mass is 19.1. The highest BCUT2D eigenvalue weighted by Gasteiger charge is 2.17. The molecule has 0 saturated heterocycles.